The molecule has 19 heavy (non-hydrogen) atoms. The van der Waals surface area contributed by atoms with Gasteiger partial charge in [-0.15, -0.1) is 0 Å². The third-order valence-corrected chi connectivity index (χ3v) is 4.14. The fourth-order valence-electron chi connectivity index (χ4n) is 2.52. The summed E-state index contributed by atoms with van der Waals surface area (Å²) in [6, 6.07) is 4.78. The molecule has 0 saturated heterocycles. The molecular formula is C15H19ClO3. The molecule has 0 amide bonds. The van der Waals surface area contributed by atoms with Crippen molar-refractivity contribution in [2.45, 2.75) is 45.3 Å². The third kappa shape index (κ3) is 3.71. The number of carboxylic acid groups (broad SMARTS) is 1. The van der Waals surface area contributed by atoms with Crippen LogP contribution in [0.1, 0.15) is 48.5 Å². The van der Waals surface area contributed by atoms with Gasteiger partial charge in [0.05, 0.1) is 18.3 Å². The van der Waals surface area contributed by atoms with E-state index in [1.54, 1.807) is 12.1 Å². The molecule has 0 spiro atoms. The number of hydrogen-bond acceptors (Lipinski definition) is 2. The van der Waals surface area contributed by atoms with E-state index in [0.717, 1.165) is 12.0 Å². The Morgan fingerprint density at radius 3 is 2.79 bits per heavy atom. The molecule has 0 aliphatic heterocycles. The Balaban J connectivity index is 1.97. The van der Waals surface area contributed by atoms with E-state index in [4.69, 9.17) is 21.4 Å². The van der Waals surface area contributed by atoms with E-state index in [9.17, 15) is 4.79 Å². The van der Waals surface area contributed by atoms with Gasteiger partial charge in [-0.25, -0.2) is 4.79 Å². The predicted octanol–water partition coefficient (Wildman–Crippen LogP) is 4.13. The highest BCUT2D eigenvalue weighted by Crippen LogP contribution is 2.28. The van der Waals surface area contributed by atoms with Crippen molar-refractivity contribution < 1.29 is 14.6 Å². The van der Waals surface area contributed by atoms with Gasteiger partial charge in [0.25, 0.3) is 0 Å². The lowest BCUT2D eigenvalue weighted by atomic mass is 9.88. The highest BCUT2D eigenvalue weighted by molar-refractivity contribution is 6.31. The number of rotatable bonds is 4. The van der Waals surface area contributed by atoms with Gasteiger partial charge >= 0.3 is 5.97 Å². The van der Waals surface area contributed by atoms with Crippen molar-refractivity contribution in [2.24, 2.45) is 5.92 Å². The van der Waals surface area contributed by atoms with E-state index >= 15 is 0 Å². The zero-order valence-corrected chi connectivity index (χ0v) is 11.8. The van der Waals surface area contributed by atoms with Crippen LogP contribution in [0.25, 0.3) is 0 Å². The van der Waals surface area contributed by atoms with Crippen LogP contribution in [-0.4, -0.2) is 17.2 Å². The Kier molecular flexibility index (Phi) is 4.83. The lowest BCUT2D eigenvalue weighted by Crippen LogP contribution is -2.25. The first kappa shape index (κ1) is 14.4. The van der Waals surface area contributed by atoms with Gasteiger partial charge in [0, 0.05) is 5.02 Å². The summed E-state index contributed by atoms with van der Waals surface area (Å²) < 4.78 is 5.93. The molecule has 2 rings (SSSR count). The molecule has 1 aromatic carbocycles. The summed E-state index contributed by atoms with van der Waals surface area (Å²) in [4.78, 5) is 10.8. The van der Waals surface area contributed by atoms with Crippen LogP contribution in [0.4, 0.5) is 0 Å². The molecule has 1 saturated carbocycles. The average molecular weight is 283 g/mol. The first-order chi connectivity index (χ1) is 9.08. The summed E-state index contributed by atoms with van der Waals surface area (Å²) >= 11 is 6.08. The molecule has 0 heterocycles. The van der Waals surface area contributed by atoms with Crippen LogP contribution in [0.5, 0.6) is 0 Å². The molecule has 0 aromatic heterocycles. The van der Waals surface area contributed by atoms with Crippen molar-refractivity contribution >= 4 is 17.6 Å². The molecule has 1 fully saturated rings. The first-order valence-electron chi connectivity index (χ1n) is 6.71. The SMILES string of the molecule is CC1CCCCC1OCc1ccc(C(=O)O)cc1Cl. The van der Waals surface area contributed by atoms with Crippen LogP contribution in [0, 0.1) is 5.92 Å². The van der Waals surface area contributed by atoms with Crippen molar-refractivity contribution in [3.8, 4) is 0 Å². The Hall–Kier alpha value is -1.06. The summed E-state index contributed by atoms with van der Waals surface area (Å²) in [5.41, 5.74) is 1.06. The second kappa shape index (κ2) is 6.40. The molecule has 1 N–H and O–H groups in total. The van der Waals surface area contributed by atoms with Crippen LogP contribution in [0.15, 0.2) is 18.2 Å². The molecule has 1 aromatic rings. The number of hydrogen-bond donors (Lipinski definition) is 1. The van der Waals surface area contributed by atoms with Gasteiger partial charge in [-0.2, -0.15) is 0 Å². The standard InChI is InChI=1S/C15H19ClO3/c1-10-4-2-3-5-14(10)19-9-12-7-6-11(15(17)18)8-13(12)16/h6-8,10,14H,2-5,9H2,1H3,(H,17,18). The highest BCUT2D eigenvalue weighted by Gasteiger charge is 2.22. The van der Waals surface area contributed by atoms with Gasteiger partial charge in [0.2, 0.25) is 0 Å². The fourth-order valence-corrected chi connectivity index (χ4v) is 2.76. The normalized spacial score (nSPS) is 23.3. The van der Waals surface area contributed by atoms with Crippen molar-refractivity contribution in [3.05, 3.63) is 34.3 Å². The van der Waals surface area contributed by atoms with E-state index in [2.05, 4.69) is 6.92 Å². The molecule has 104 valence electrons. The smallest absolute Gasteiger partial charge is 0.335 e. The van der Waals surface area contributed by atoms with Crippen LogP contribution in [0.2, 0.25) is 5.02 Å². The van der Waals surface area contributed by atoms with E-state index in [1.165, 1.54) is 25.3 Å². The molecule has 1 aliphatic carbocycles. The van der Waals surface area contributed by atoms with Crippen molar-refractivity contribution in [2.75, 3.05) is 0 Å². The Bertz CT molecular complexity index is 459. The third-order valence-electron chi connectivity index (χ3n) is 3.79. The molecule has 1 aliphatic rings. The fraction of sp³-hybridized carbons (Fsp3) is 0.533. The van der Waals surface area contributed by atoms with Crippen molar-refractivity contribution in [1.82, 2.24) is 0 Å². The van der Waals surface area contributed by atoms with E-state index in [-0.39, 0.29) is 5.56 Å². The first-order valence-corrected chi connectivity index (χ1v) is 7.09. The van der Waals surface area contributed by atoms with E-state index < -0.39 is 5.97 Å². The minimum absolute atomic E-state index is 0.208. The Morgan fingerprint density at radius 1 is 1.42 bits per heavy atom. The Morgan fingerprint density at radius 2 is 2.16 bits per heavy atom. The number of carbonyl (C=O) groups is 1. The number of halogens is 1. The predicted molar refractivity (Wildman–Crippen MR) is 74.6 cm³/mol. The monoisotopic (exact) mass is 282 g/mol. The summed E-state index contributed by atoms with van der Waals surface area (Å²) in [6.07, 6.45) is 5.13. The van der Waals surface area contributed by atoms with Crippen LogP contribution >= 0.6 is 11.6 Å². The summed E-state index contributed by atoms with van der Waals surface area (Å²) in [5, 5.41) is 9.34. The largest absolute Gasteiger partial charge is 0.478 e. The van der Waals surface area contributed by atoms with Gasteiger partial charge in [-0.1, -0.05) is 37.4 Å². The summed E-state index contributed by atoms with van der Waals surface area (Å²) in [6.45, 7) is 2.67. The van der Waals surface area contributed by atoms with Gasteiger partial charge in [0.1, 0.15) is 0 Å². The maximum absolute atomic E-state index is 10.8. The second-order valence-corrected chi connectivity index (χ2v) is 5.63. The lowest BCUT2D eigenvalue weighted by molar-refractivity contribution is -0.0154. The molecule has 3 nitrogen and oxygen atoms in total. The van der Waals surface area contributed by atoms with Gasteiger partial charge in [-0.05, 0) is 36.5 Å². The molecule has 4 heteroatoms. The quantitative estimate of drug-likeness (QED) is 0.903. The van der Waals surface area contributed by atoms with E-state index in [1.807, 2.05) is 0 Å². The maximum atomic E-state index is 10.8. The molecule has 2 atom stereocenters. The molecule has 0 radical (unpaired) electrons. The minimum Gasteiger partial charge on any atom is -0.478 e. The zero-order valence-electron chi connectivity index (χ0n) is 11.1. The number of ether oxygens (including phenoxy) is 1. The number of carboxylic acids is 1. The second-order valence-electron chi connectivity index (χ2n) is 5.22. The van der Waals surface area contributed by atoms with Crippen LogP contribution < -0.4 is 0 Å². The highest BCUT2D eigenvalue weighted by atomic mass is 35.5. The van der Waals surface area contributed by atoms with Gasteiger partial charge < -0.3 is 9.84 Å². The van der Waals surface area contributed by atoms with Crippen molar-refractivity contribution in [3.63, 3.8) is 0 Å². The maximum Gasteiger partial charge on any atom is 0.335 e. The number of benzene rings is 1. The molecular weight excluding hydrogens is 264 g/mol. The molecule has 0 bridgehead atoms. The van der Waals surface area contributed by atoms with Crippen LogP contribution in [-0.2, 0) is 11.3 Å². The van der Waals surface area contributed by atoms with Crippen molar-refractivity contribution in [1.29, 1.82) is 0 Å². The lowest BCUT2D eigenvalue weighted by Gasteiger charge is -2.28. The molecule has 2 unspecified atom stereocenters. The van der Waals surface area contributed by atoms with Crippen LogP contribution in [0.3, 0.4) is 0 Å². The average Bonchev–Trinajstić information content (AvgIpc) is 2.39. The zero-order chi connectivity index (χ0) is 13.8. The minimum atomic E-state index is -0.963. The summed E-state index contributed by atoms with van der Waals surface area (Å²) in [5.74, 6) is -0.374. The topological polar surface area (TPSA) is 46.5 Å². The van der Waals surface area contributed by atoms with Gasteiger partial charge in [-0.3, -0.25) is 0 Å². The van der Waals surface area contributed by atoms with Gasteiger partial charge in [0.15, 0.2) is 0 Å². The summed E-state index contributed by atoms with van der Waals surface area (Å²) in [7, 11) is 0. The Labute approximate surface area is 118 Å². The van der Waals surface area contributed by atoms with E-state index in [0.29, 0.717) is 23.7 Å². The number of aromatic carboxylic acids is 1.